The number of aryl methyl sites for hydroxylation is 1. The zero-order valence-corrected chi connectivity index (χ0v) is 14.0. The van der Waals surface area contributed by atoms with E-state index in [2.05, 4.69) is 20.6 Å². The van der Waals surface area contributed by atoms with E-state index in [1.165, 1.54) is 0 Å². The summed E-state index contributed by atoms with van der Waals surface area (Å²) < 4.78 is 1.94. The maximum Gasteiger partial charge on any atom is 0.223 e. The Morgan fingerprint density at radius 2 is 1.87 bits per heavy atom. The summed E-state index contributed by atoms with van der Waals surface area (Å²) in [5.74, 6) is 2.53. The maximum atomic E-state index is 11.9. The van der Waals surface area contributed by atoms with Gasteiger partial charge < -0.3 is 15.2 Å². The molecule has 0 saturated carbocycles. The number of nitrogens with zero attached hydrogens (tertiary/aromatic N) is 3. The lowest BCUT2D eigenvalue weighted by molar-refractivity contribution is -0.125. The lowest BCUT2D eigenvalue weighted by Gasteiger charge is -2.13. The minimum absolute atomic E-state index is 0.108. The number of hydrogen-bond acceptors (Lipinski definition) is 4. The first-order valence-corrected chi connectivity index (χ1v) is 8.14. The largest absolute Gasteiger partial charge is 0.368 e. The first-order valence-electron chi connectivity index (χ1n) is 8.14. The van der Waals surface area contributed by atoms with E-state index in [1.54, 1.807) is 0 Å². The van der Waals surface area contributed by atoms with E-state index in [0.29, 0.717) is 18.9 Å². The second-order valence-corrected chi connectivity index (χ2v) is 5.48. The molecule has 124 valence electrons. The SMILES string of the molecule is CCC(CC)C(=O)NCCNc1cc(-n2cccc2)nc(C)n1. The molecule has 0 spiro atoms. The van der Waals surface area contributed by atoms with E-state index < -0.39 is 0 Å². The molecule has 6 nitrogen and oxygen atoms in total. The normalized spacial score (nSPS) is 10.8. The van der Waals surface area contributed by atoms with Crippen molar-refractivity contribution < 1.29 is 4.79 Å². The van der Waals surface area contributed by atoms with Gasteiger partial charge in [-0.2, -0.15) is 0 Å². The summed E-state index contributed by atoms with van der Waals surface area (Å²) in [4.78, 5) is 20.7. The molecule has 0 aliphatic carbocycles. The summed E-state index contributed by atoms with van der Waals surface area (Å²) in [6.07, 6.45) is 5.64. The van der Waals surface area contributed by atoms with E-state index in [1.807, 2.05) is 55.9 Å². The lowest BCUT2D eigenvalue weighted by Crippen LogP contribution is -2.33. The van der Waals surface area contributed by atoms with Crippen molar-refractivity contribution in [2.45, 2.75) is 33.6 Å². The molecule has 2 aromatic heterocycles. The molecule has 2 heterocycles. The quantitative estimate of drug-likeness (QED) is 0.734. The van der Waals surface area contributed by atoms with Crippen LogP contribution < -0.4 is 10.6 Å². The Kier molecular flexibility index (Phi) is 6.14. The summed E-state index contributed by atoms with van der Waals surface area (Å²) in [7, 11) is 0. The summed E-state index contributed by atoms with van der Waals surface area (Å²) in [5.41, 5.74) is 0. The molecule has 6 heteroatoms. The second-order valence-electron chi connectivity index (χ2n) is 5.48. The van der Waals surface area contributed by atoms with Crippen molar-refractivity contribution in [2.24, 2.45) is 5.92 Å². The lowest BCUT2D eigenvalue weighted by atomic mass is 10.0. The standard InChI is InChI=1S/C17H25N5O/c1-4-14(5-2)17(23)19-9-8-18-15-12-16(21-13(3)20-15)22-10-6-7-11-22/h6-7,10-12,14H,4-5,8-9H2,1-3H3,(H,19,23)(H,18,20,21). The molecule has 2 rings (SSSR count). The summed E-state index contributed by atoms with van der Waals surface area (Å²) >= 11 is 0. The average molecular weight is 315 g/mol. The Morgan fingerprint density at radius 1 is 1.17 bits per heavy atom. The molecule has 0 fully saturated rings. The van der Waals surface area contributed by atoms with E-state index >= 15 is 0 Å². The Hall–Kier alpha value is -2.37. The van der Waals surface area contributed by atoms with Crippen LogP contribution in [0.3, 0.4) is 0 Å². The first-order chi connectivity index (χ1) is 11.1. The van der Waals surface area contributed by atoms with Crippen LogP contribution >= 0.6 is 0 Å². The number of carbonyl (C=O) groups is 1. The molecule has 0 aliphatic rings. The van der Waals surface area contributed by atoms with Gasteiger partial charge in [0.2, 0.25) is 5.91 Å². The van der Waals surface area contributed by atoms with Gasteiger partial charge in [0.05, 0.1) is 0 Å². The van der Waals surface area contributed by atoms with Crippen LogP contribution in [0.15, 0.2) is 30.6 Å². The zero-order valence-electron chi connectivity index (χ0n) is 14.0. The second kappa shape index (κ2) is 8.31. The number of nitrogens with one attached hydrogen (secondary N) is 2. The number of anilines is 1. The fourth-order valence-electron chi connectivity index (χ4n) is 2.44. The third-order valence-corrected chi connectivity index (χ3v) is 3.78. The monoisotopic (exact) mass is 315 g/mol. The van der Waals surface area contributed by atoms with Crippen LogP contribution in [0.1, 0.15) is 32.5 Å². The van der Waals surface area contributed by atoms with Crippen molar-refractivity contribution in [2.75, 3.05) is 18.4 Å². The molecule has 1 amide bonds. The molecule has 0 saturated heterocycles. The highest BCUT2D eigenvalue weighted by Crippen LogP contribution is 2.11. The summed E-state index contributed by atoms with van der Waals surface area (Å²) in [6.45, 7) is 7.16. The molecule has 23 heavy (non-hydrogen) atoms. The predicted molar refractivity (Wildman–Crippen MR) is 91.7 cm³/mol. The Bertz CT molecular complexity index is 620. The van der Waals surface area contributed by atoms with Crippen molar-refractivity contribution in [3.05, 3.63) is 36.4 Å². The van der Waals surface area contributed by atoms with Crippen LogP contribution in [0.5, 0.6) is 0 Å². The Morgan fingerprint density at radius 3 is 2.52 bits per heavy atom. The molecule has 2 aromatic rings. The molecular formula is C17H25N5O. The van der Waals surface area contributed by atoms with Gasteiger partial charge in [-0.1, -0.05) is 13.8 Å². The van der Waals surface area contributed by atoms with Gasteiger partial charge in [0.1, 0.15) is 17.5 Å². The van der Waals surface area contributed by atoms with Gasteiger partial charge in [-0.15, -0.1) is 0 Å². The molecule has 0 radical (unpaired) electrons. The Balaban J connectivity index is 1.88. The van der Waals surface area contributed by atoms with Crippen molar-refractivity contribution >= 4 is 11.7 Å². The number of hydrogen-bond donors (Lipinski definition) is 2. The molecule has 0 atom stereocenters. The molecule has 0 bridgehead atoms. The number of rotatable bonds is 8. The van der Waals surface area contributed by atoms with Crippen LogP contribution in [0.4, 0.5) is 5.82 Å². The fraction of sp³-hybridized carbons (Fsp3) is 0.471. The van der Waals surface area contributed by atoms with Gasteiger partial charge in [-0.3, -0.25) is 4.79 Å². The first kappa shape index (κ1) is 17.0. The van der Waals surface area contributed by atoms with E-state index in [4.69, 9.17) is 0 Å². The highest BCUT2D eigenvalue weighted by molar-refractivity contribution is 5.78. The number of carbonyl (C=O) groups excluding carboxylic acids is 1. The van der Waals surface area contributed by atoms with Crippen molar-refractivity contribution in [3.63, 3.8) is 0 Å². The minimum Gasteiger partial charge on any atom is -0.368 e. The number of amides is 1. The molecule has 0 aromatic carbocycles. The fourth-order valence-corrected chi connectivity index (χ4v) is 2.44. The van der Waals surface area contributed by atoms with E-state index in [-0.39, 0.29) is 11.8 Å². The van der Waals surface area contributed by atoms with Crippen LogP contribution in [-0.2, 0) is 4.79 Å². The molecule has 2 N–H and O–H groups in total. The van der Waals surface area contributed by atoms with E-state index in [9.17, 15) is 4.79 Å². The minimum atomic E-state index is 0.108. The third kappa shape index (κ3) is 4.81. The van der Waals surface area contributed by atoms with Crippen LogP contribution in [0, 0.1) is 12.8 Å². The van der Waals surface area contributed by atoms with Gasteiger partial charge in [-0.05, 0) is 31.9 Å². The predicted octanol–water partition coefficient (Wildman–Crippen LogP) is 2.54. The van der Waals surface area contributed by atoms with Crippen LogP contribution in [-0.4, -0.2) is 33.5 Å². The van der Waals surface area contributed by atoms with Gasteiger partial charge >= 0.3 is 0 Å². The van der Waals surface area contributed by atoms with Crippen molar-refractivity contribution in [1.82, 2.24) is 19.9 Å². The van der Waals surface area contributed by atoms with Crippen LogP contribution in [0.25, 0.3) is 5.82 Å². The summed E-state index contributed by atoms with van der Waals surface area (Å²) in [6, 6.07) is 5.81. The smallest absolute Gasteiger partial charge is 0.223 e. The van der Waals surface area contributed by atoms with Gasteiger partial charge in [-0.25, -0.2) is 9.97 Å². The molecule has 0 aliphatic heterocycles. The van der Waals surface area contributed by atoms with E-state index in [0.717, 1.165) is 24.5 Å². The summed E-state index contributed by atoms with van der Waals surface area (Å²) in [5, 5.41) is 6.20. The zero-order chi connectivity index (χ0) is 16.7. The Labute approximate surface area is 137 Å². The van der Waals surface area contributed by atoms with Gasteiger partial charge in [0.25, 0.3) is 0 Å². The average Bonchev–Trinajstić information content (AvgIpc) is 3.07. The van der Waals surface area contributed by atoms with Gasteiger partial charge in [0.15, 0.2) is 0 Å². The van der Waals surface area contributed by atoms with Gasteiger partial charge in [0, 0.05) is 37.5 Å². The highest BCUT2D eigenvalue weighted by atomic mass is 16.1. The van der Waals surface area contributed by atoms with Crippen molar-refractivity contribution in [3.8, 4) is 5.82 Å². The molecular weight excluding hydrogens is 290 g/mol. The van der Waals surface area contributed by atoms with Crippen molar-refractivity contribution in [1.29, 1.82) is 0 Å². The number of aromatic nitrogens is 3. The third-order valence-electron chi connectivity index (χ3n) is 3.78. The highest BCUT2D eigenvalue weighted by Gasteiger charge is 2.12. The maximum absolute atomic E-state index is 11.9. The molecule has 0 unspecified atom stereocenters. The topological polar surface area (TPSA) is 71.8 Å². The van der Waals surface area contributed by atoms with Crippen LogP contribution in [0.2, 0.25) is 0 Å².